The van der Waals surface area contributed by atoms with E-state index in [1.165, 1.54) is 20.2 Å². The van der Waals surface area contributed by atoms with Crippen LogP contribution >= 0.6 is 0 Å². The van der Waals surface area contributed by atoms with Gasteiger partial charge in [0.05, 0.1) is 41.6 Å². The predicted octanol–water partition coefficient (Wildman–Crippen LogP) is 6.87. The standard InChI is InChI=1S/C55H74N4O9.CH4O3S/c1-37(2)27-48(50(62)33-45(30-42-17-13-10-14-18-42)54(65)58-49(28-38(3)4)52(63)55(7)21-22-55)57-53(64)44(20-19-41-15-11-9-12-16-41)32-47(61)36-59(23-25-67-26-24-59)35-43-29-39(5)51(68-40(6)60)46(31-43)34-56-66-8;1-5(2,3)4/h9-18,29,31,34,37-38,44-45,48-49H,19-28,30,32-33,35-36H2,1-8H3,(H-,57,58,64,65);1H3,(H,2,3,4)/b56-34+;/t44-,45-,48+,49+;/m1./s1. The van der Waals surface area contributed by atoms with Crippen molar-refractivity contribution in [3.05, 3.63) is 101 Å². The molecule has 73 heavy (non-hydrogen) atoms. The van der Waals surface area contributed by atoms with E-state index in [-0.39, 0.29) is 66.8 Å². The van der Waals surface area contributed by atoms with Crippen molar-refractivity contribution in [1.82, 2.24) is 10.6 Å². The minimum Gasteiger partial charge on any atom is -0.748 e. The molecule has 0 bridgehead atoms. The fraction of sp³-hybridized carbons (Fsp3) is 0.554. The Kier molecular flexibility index (Phi) is 23.1. The van der Waals surface area contributed by atoms with Gasteiger partial charge in [-0.3, -0.25) is 28.8 Å². The Hall–Kier alpha value is -5.62. The summed E-state index contributed by atoms with van der Waals surface area (Å²) in [6.07, 6.45) is 5.62. The molecule has 3 aromatic rings. The molecule has 0 spiro atoms. The molecule has 2 fully saturated rings. The number of hydrogen-bond donors (Lipinski definition) is 2. The van der Waals surface area contributed by atoms with Crippen LogP contribution < -0.4 is 15.4 Å². The summed E-state index contributed by atoms with van der Waals surface area (Å²) >= 11 is 0. The van der Waals surface area contributed by atoms with Gasteiger partial charge in [0.2, 0.25) is 11.8 Å². The van der Waals surface area contributed by atoms with Crippen LogP contribution in [0.2, 0.25) is 0 Å². The number of rotatable bonds is 27. The van der Waals surface area contributed by atoms with Gasteiger partial charge in [-0.05, 0) is 92.5 Å². The normalized spacial score (nSPS) is 16.5. The van der Waals surface area contributed by atoms with Crippen LogP contribution in [0.25, 0.3) is 0 Å². The summed E-state index contributed by atoms with van der Waals surface area (Å²) in [5.74, 6) is -2.41. The highest BCUT2D eigenvalue weighted by molar-refractivity contribution is 7.84. The number of amides is 2. The Labute approximate surface area is 432 Å². The molecule has 1 aliphatic carbocycles. The minimum absolute atomic E-state index is 0.0263. The van der Waals surface area contributed by atoms with Crippen LogP contribution in [0.3, 0.4) is 0 Å². The summed E-state index contributed by atoms with van der Waals surface area (Å²) in [5.41, 5.74) is 3.70. The van der Waals surface area contributed by atoms with Gasteiger partial charge in [-0.1, -0.05) is 100 Å². The molecule has 1 saturated carbocycles. The molecule has 1 saturated heterocycles. The van der Waals surface area contributed by atoms with E-state index in [1.807, 2.05) is 114 Å². The van der Waals surface area contributed by atoms with E-state index < -0.39 is 45.4 Å². The number of aryl methyl sites for hydroxylation is 2. The monoisotopic (exact) mass is 1030 g/mol. The summed E-state index contributed by atoms with van der Waals surface area (Å²) in [4.78, 5) is 88.6. The Morgan fingerprint density at radius 3 is 1.92 bits per heavy atom. The lowest BCUT2D eigenvalue weighted by Crippen LogP contribution is -2.57. The van der Waals surface area contributed by atoms with Gasteiger partial charge in [-0.15, -0.1) is 0 Å². The molecular weight excluding hydrogens is 953 g/mol. The van der Waals surface area contributed by atoms with E-state index in [0.717, 1.165) is 35.1 Å². The molecule has 2 amide bonds. The average molecular weight is 1030 g/mol. The SMILES string of the molecule is CO/N=C/c1cc(C[N+]2(CC(=O)C[C@@H](CCc3ccccc3)C(=O)N[C@@H](CC(C)C)C(=O)C[C@@H](Cc3ccccc3)C(=O)N[C@@H](CC(C)C)C(=O)C3(C)CC3)CCOCC2)cc(C)c1OC(C)=O.CS(=O)(=O)[O-]. The number of benzene rings is 3. The number of nitrogens with zero attached hydrogens (tertiary/aromatic N) is 2. The highest BCUT2D eigenvalue weighted by Crippen LogP contribution is 2.47. The summed E-state index contributed by atoms with van der Waals surface area (Å²) < 4.78 is 39.0. The molecule has 4 atom stereocenters. The molecule has 1 heterocycles. The zero-order valence-electron chi connectivity index (χ0n) is 44.3. The average Bonchev–Trinajstić information content (AvgIpc) is 4.07. The third-order valence-electron chi connectivity index (χ3n) is 13.3. The van der Waals surface area contributed by atoms with Crippen LogP contribution in [0.4, 0.5) is 0 Å². The third kappa shape index (κ3) is 21.0. The molecule has 3 aromatic carbocycles. The van der Waals surface area contributed by atoms with Crippen molar-refractivity contribution in [2.45, 2.75) is 125 Å². The number of morpholine rings is 1. The first-order valence-electron chi connectivity index (χ1n) is 25.4. The van der Waals surface area contributed by atoms with E-state index >= 15 is 0 Å². The molecule has 2 N–H and O–H groups in total. The highest BCUT2D eigenvalue weighted by atomic mass is 32.2. The van der Waals surface area contributed by atoms with Crippen molar-refractivity contribution in [1.29, 1.82) is 0 Å². The maximum atomic E-state index is 14.6. The zero-order chi connectivity index (χ0) is 53.9. The molecule has 5 rings (SSSR count). The van der Waals surface area contributed by atoms with Crippen molar-refractivity contribution in [3.8, 4) is 5.75 Å². The second-order valence-corrected chi connectivity index (χ2v) is 22.5. The van der Waals surface area contributed by atoms with Crippen LogP contribution in [-0.4, -0.2) is 117 Å². The van der Waals surface area contributed by atoms with Crippen LogP contribution in [-0.2, 0) is 67.8 Å². The van der Waals surface area contributed by atoms with Crippen molar-refractivity contribution in [3.63, 3.8) is 0 Å². The summed E-state index contributed by atoms with van der Waals surface area (Å²) in [5, 5.41) is 10.1. The minimum atomic E-state index is -3.92. The number of quaternary nitrogens is 1. The van der Waals surface area contributed by atoms with Crippen molar-refractivity contribution in [2.75, 3.05) is 46.2 Å². The molecular formula is C56H78N4O12S. The van der Waals surface area contributed by atoms with Crippen molar-refractivity contribution in [2.24, 2.45) is 34.2 Å². The number of carbonyl (C=O) groups is 6. The van der Waals surface area contributed by atoms with E-state index in [9.17, 15) is 28.8 Å². The first kappa shape index (κ1) is 59.9. The first-order chi connectivity index (χ1) is 34.4. The summed E-state index contributed by atoms with van der Waals surface area (Å²) in [6.45, 7) is 15.9. The molecule has 0 unspecified atom stereocenters. The molecule has 17 heteroatoms. The second kappa shape index (κ2) is 28.2. The third-order valence-corrected chi connectivity index (χ3v) is 13.3. The van der Waals surface area contributed by atoms with Crippen LogP contribution in [0, 0.1) is 36.0 Å². The molecule has 0 aromatic heterocycles. The first-order valence-corrected chi connectivity index (χ1v) is 27.2. The van der Waals surface area contributed by atoms with Gasteiger partial charge in [-0.25, -0.2) is 8.42 Å². The highest BCUT2D eigenvalue weighted by Gasteiger charge is 2.48. The smallest absolute Gasteiger partial charge is 0.308 e. The number of esters is 1. The maximum absolute atomic E-state index is 14.6. The van der Waals surface area contributed by atoms with Crippen LogP contribution in [0.5, 0.6) is 5.75 Å². The molecule has 16 nitrogen and oxygen atoms in total. The molecule has 1 aliphatic heterocycles. The number of ether oxygens (including phenoxy) is 2. The summed E-state index contributed by atoms with van der Waals surface area (Å²) in [7, 11) is -2.48. The number of ketones is 3. The quantitative estimate of drug-likeness (QED) is 0.0200. The Morgan fingerprint density at radius 1 is 0.822 bits per heavy atom. The zero-order valence-corrected chi connectivity index (χ0v) is 45.1. The second-order valence-electron chi connectivity index (χ2n) is 21.1. The van der Waals surface area contributed by atoms with E-state index in [2.05, 4.69) is 15.8 Å². The lowest BCUT2D eigenvalue weighted by atomic mass is 9.87. The number of oxime groups is 1. The number of carbonyl (C=O) groups excluding carboxylic acids is 6. The van der Waals surface area contributed by atoms with Gasteiger partial charge < -0.3 is 34.0 Å². The number of Topliss-reactive ketones (excluding diaryl/α,β-unsaturated/α-hetero) is 3. The number of hydrogen-bond acceptors (Lipinski definition) is 13. The lowest BCUT2D eigenvalue weighted by molar-refractivity contribution is -0.940. The van der Waals surface area contributed by atoms with E-state index in [1.54, 1.807) is 0 Å². The largest absolute Gasteiger partial charge is 0.748 e. The fourth-order valence-corrected chi connectivity index (χ4v) is 9.39. The summed E-state index contributed by atoms with van der Waals surface area (Å²) in [6, 6.07) is 21.7. The van der Waals surface area contributed by atoms with Gasteiger partial charge in [0.15, 0.2) is 17.3 Å². The molecule has 2 aliphatic rings. The Morgan fingerprint density at radius 2 is 1.37 bits per heavy atom. The van der Waals surface area contributed by atoms with Gasteiger partial charge in [-0.2, -0.15) is 0 Å². The predicted molar refractivity (Wildman–Crippen MR) is 278 cm³/mol. The van der Waals surface area contributed by atoms with Gasteiger partial charge in [0.1, 0.15) is 39.0 Å². The lowest BCUT2D eigenvalue weighted by Gasteiger charge is -2.41. The fourth-order valence-electron chi connectivity index (χ4n) is 9.39. The van der Waals surface area contributed by atoms with Gasteiger partial charge in [0, 0.05) is 54.4 Å². The van der Waals surface area contributed by atoms with Gasteiger partial charge in [0.25, 0.3) is 0 Å². The van der Waals surface area contributed by atoms with E-state index in [4.69, 9.17) is 27.3 Å². The van der Waals surface area contributed by atoms with Crippen LogP contribution in [0.1, 0.15) is 114 Å². The van der Waals surface area contributed by atoms with Crippen molar-refractivity contribution >= 4 is 51.5 Å². The van der Waals surface area contributed by atoms with Gasteiger partial charge >= 0.3 is 5.97 Å². The molecule has 0 radical (unpaired) electrons. The Bertz CT molecular complexity index is 2460. The van der Waals surface area contributed by atoms with Crippen LogP contribution in [0.15, 0.2) is 78.0 Å². The maximum Gasteiger partial charge on any atom is 0.308 e. The topological polar surface area (TPSA) is 224 Å². The Balaban J connectivity index is 0.00000220. The molecule has 400 valence electrons. The van der Waals surface area contributed by atoms with Crippen molar-refractivity contribution < 1.29 is 60.5 Å². The number of nitrogens with one attached hydrogen (secondary N) is 2. The van der Waals surface area contributed by atoms with E-state index in [0.29, 0.717) is 80.6 Å².